The van der Waals surface area contributed by atoms with Gasteiger partial charge in [-0.1, -0.05) is 29.3 Å². The van der Waals surface area contributed by atoms with Gasteiger partial charge in [0.2, 0.25) is 0 Å². The Morgan fingerprint density at radius 3 is 2.55 bits per heavy atom. The second kappa shape index (κ2) is 4.57. The topological polar surface area (TPSA) is 64.8 Å². The molecule has 0 saturated carbocycles. The molecule has 0 spiro atoms. The summed E-state index contributed by atoms with van der Waals surface area (Å²) in [5, 5.41) is 0.225. The third-order valence-corrected chi connectivity index (χ3v) is 4.77. The maximum absolute atomic E-state index is 12.6. The van der Waals surface area contributed by atoms with Crippen molar-refractivity contribution in [2.75, 3.05) is 0 Å². The van der Waals surface area contributed by atoms with Crippen molar-refractivity contribution >= 4 is 32.8 Å². The van der Waals surface area contributed by atoms with Gasteiger partial charge in [-0.15, -0.1) is 0 Å². The standard InChI is InChI=1S/C13H10ClN3O2S/c1-9-2-4-10(5-3-9)20(18,19)17-7-6-11-13(17)15-8-12(14)16-11/h2-8H,1H3. The van der Waals surface area contributed by atoms with Crippen molar-refractivity contribution in [2.24, 2.45) is 0 Å². The third kappa shape index (κ3) is 2.07. The van der Waals surface area contributed by atoms with E-state index in [2.05, 4.69) is 9.97 Å². The first kappa shape index (κ1) is 13.1. The number of aromatic nitrogens is 3. The van der Waals surface area contributed by atoms with Crippen LogP contribution in [0.2, 0.25) is 5.15 Å². The molecule has 0 aliphatic rings. The van der Waals surface area contributed by atoms with Crippen molar-refractivity contribution in [1.82, 2.24) is 13.9 Å². The lowest BCUT2D eigenvalue weighted by atomic mass is 10.2. The van der Waals surface area contributed by atoms with Crippen LogP contribution in [0.15, 0.2) is 47.6 Å². The molecule has 0 N–H and O–H groups in total. The molecule has 2 aromatic heterocycles. The average Bonchev–Trinajstić information content (AvgIpc) is 2.82. The molecule has 0 amide bonds. The quantitative estimate of drug-likeness (QED) is 0.730. The number of halogens is 1. The SMILES string of the molecule is Cc1ccc(S(=O)(=O)n2ccc3nc(Cl)cnc32)cc1. The maximum Gasteiger partial charge on any atom is 0.269 e. The molecule has 20 heavy (non-hydrogen) atoms. The van der Waals surface area contributed by atoms with Crippen LogP contribution in [0.4, 0.5) is 0 Å². The Balaban J connectivity index is 2.21. The fraction of sp³-hybridized carbons (Fsp3) is 0.0769. The van der Waals surface area contributed by atoms with Gasteiger partial charge in [0, 0.05) is 6.20 Å². The number of fused-ring (bicyclic) bond motifs is 1. The van der Waals surface area contributed by atoms with E-state index in [1.165, 1.54) is 12.4 Å². The number of hydrogen-bond donors (Lipinski definition) is 0. The van der Waals surface area contributed by atoms with E-state index < -0.39 is 10.0 Å². The fourth-order valence-corrected chi connectivity index (χ4v) is 3.32. The summed E-state index contributed by atoms with van der Waals surface area (Å²) in [7, 11) is -3.68. The summed E-state index contributed by atoms with van der Waals surface area (Å²) in [5.41, 5.74) is 1.69. The molecule has 7 heteroatoms. The van der Waals surface area contributed by atoms with E-state index >= 15 is 0 Å². The van der Waals surface area contributed by atoms with Crippen LogP contribution in [-0.4, -0.2) is 22.4 Å². The number of aryl methyl sites for hydroxylation is 1. The van der Waals surface area contributed by atoms with Crippen molar-refractivity contribution in [2.45, 2.75) is 11.8 Å². The van der Waals surface area contributed by atoms with E-state index in [1.54, 1.807) is 30.3 Å². The van der Waals surface area contributed by atoms with E-state index in [1.807, 2.05) is 6.92 Å². The normalized spacial score (nSPS) is 11.9. The predicted octanol–water partition coefficient (Wildman–Crippen LogP) is 2.63. The van der Waals surface area contributed by atoms with Gasteiger partial charge >= 0.3 is 0 Å². The van der Waals surface area contributed by atoms with E-state index in [-0.39, 0.29) is 15.7 Å². The lowest BCUT2D eigenvalue weighted by Gasteiger charge is -2.07. The highest BCUT2D eigenvalue weighted by Gasteiger charge is 2.19. The molecule has 3 aromatic rings. The van der Waals surface area contributed by atoms with Crippen LogP contribution in [0.5, 0.6) is 0 Å². The van der Waals surface area contributed by atoms with Gasteiger partial charge in [-0.25, -0.2) is 22.4 Å². The van der Waals surface area contributed by atoms with Gasteiger partial charge in [0.05, 0.1) is 11.1 Å². The number of nitrogens with zero attached hydrogens (tertiary/aromatic N) is 3. The molecule has 2 heterocycles. The monoisotopic (exact) mass is 307 g/mol. The van der Waals surface area contributed by atoms with Crippen molar-refractivity contribution < 1.29 is 8.42 Å². The van der Waals surface area contributed by atoms with Crippen molar-refractivity contribution in [1.29, 1.82) is 0 Å². The fourth-order valence-electron chi connectivity index (χ4n) is 1.88. The maximum atomic E-state index is 12.6. The molecule has 0 saturated heterocycles. The molecule has 5 nitrogen and oxygen atoms in total. The summed E-state index contributed by atoms with van der Waals surface area (Å²) in [6, 6.07) is 8.21. The molecule has 0 atom stereocenters. The lowest BCUT2D eigenvalue weighted by Crippen LogP contribution is -2.12. The van der Waals surface area contributed by atoms with Crippen LogP contribution in [-0.2, 0) is 10.0 Å². The second-order valence-corrected chi connectivity index (χ2v) is 6.53. The van der Waals surface area contributed by atoms with E-state index in [4.69, 9.17) is 11.6 Å². The molecule has 0 fully saturated rings. The van der Waals surface area contributed by atoms with Gasteiger partial charge in [0.1, 0.15) is 10.7 Å². The van der Waals surface area contributed by atoms with E-state index in [0.717, 1.165) is 9.54 Å². The smallest absolute Gasteiger partial charge is 0.233 e. The molecule has 0 unspecified atom stereocenters. The highest BCUT2D eigenvalue weighted by Crippen LogP contribution is 2.20. The Kier molecular flexibility index (Phi) is 2.99. The molecule has 0 bridgehead atoms. The minimum Gasteiger partial charge on any atom is -0.233 e. The third-order valence-electron chi connectivity index (χ3n) is 2.90. The number of hydrogen-bond acceptors (Lipinski definition) is 4. The van der Waals surface area contributed by atoms with Crippen molar-refractivity contribution in [3.05, 3.63) is 53.4 Å². The molecular formula is C13H10ClN3O2S. The first-order valence-corrected chi connectivity index (χ1v) is 7.62. The van der Waals surface area contributed by atoms with Gasteiger partial charge in [-0.05, 0) is 25.1 Å². The van der Waals surface area contributed by atoms with Crippen LogP contribution in [0, 0.1) is 6.92 Å². The first-order chi connectivity index (χ1) is 9.48. The Morgan fingerprint density at radius 1 is 1.15 bits per heavy atom. The first-order valence-electron chi connectivity index (χ1n) is 5.80. The molecule has 102 valence electrons. The lowest BCUT2D eigenvalue weighted by molar-refractivity contribution is 0.588. The van der Waals surface area contributed by atoms with Gasteiger partial charge in [0.15, 0.2) is 5.65 Å². The zero-order chi connectivity index (χ0) is 14.3. The molecule has 0 radical (unpaired) electrons. The van der Waals surface area contributed by atoms with Crippen LogP contribution in [0.1, 0.15) is 5.56 Å². The van der Waals surface area contributed by atoms with E-state index in [0.29, 0.717) is 5.52 Å². The average molecular weight is 308 g/mol. The van der Waals surface area contributed by atoms with Gasteiger partial charge in [-0.2, -0.15) is 0 Å². The largest absolute Gasteiger partial charge is 0.269 e. The molecule has 0 aliphatic heterocycles. The van der Waals surface area contributed by atoms with Crippen LogP contribution >= 0.6 is 11.6 Å². The minimum absolute atomic E-state index is 0.206. The summed E-state index contributed by atoms with van der Waals surface area (Å²) in [4.78, 5) is 8.28. The Labute approximate surface area is 120 Å². The summed E-state index contributed by atoms with van der Waals surface area (Å²) in [6.07, 6.45) is 2.75. The summed E-state index contributed by atoms with van der Waals surface area (Å²) >= 11 is 5.74. The molecule has 1 aromatic carbocycles. The summed E-state index contributed by atoms with van der Waals surface area (Å²) < 4.78 is 26.2. The zero-order valence-corrected chi connectivity index (χ0v) is 12.1. The molecule has 0 aliphatic carbocycles. The van der Waals surface area contributed by atoms with Crippen LogP contribution in [0.25, 0.3) is 11.2 Å². The van der Waals surface area contributed by atoms with Crippen LogP contribution in [0.3, 0.4) is 0 Å². The summed E-state index contributed by atoms with van der Waals surface area (Å²) in [5.74, 6) is 0. The van der Waals surface area contributed by atoms with Gasteiger partial charge < -0.3 is 0 Å². The predicted molar refractivity (Wildman–Crippen MR) is 76.3 cm³/mol. The van der Waals surface area contributed by atoms with Gasteiger partial charge in [0.25, 0.3) is 10.0 Å². The zero-order valence-electron chi connectivity index (χ0n) is 10.5. The van der Waals surface area contributed by atoms with Crippen molar-refractivity contribution in [3.63, 3.8) is 0 Å². The summed E-state index contributed by atoms with van der Waals surface area (Å²) in [6.45, 7) is 1.90. The number of benzene rings is 1. The molecular weight excluding hydrogens is 298 g/mol. The van der Waals surface area contributed by atoms with E-state index in [9.17, 15) is 8.42 Å². The Hall–Kier alpha value is -1.92. The minimum atomic E-state index is -3.68. The van der Waals surface area contributed by atoms with Gasteiger partial charge in [-0.3, -0.25) is 0 Å². The second-order valence-electron chi connectivity index (χ2n) is 4.33. The number of rotatable bonds is 2. The highest BCUT2D eigenvalue weighted by atomic mass is 35.5. The highest BCUT2D eigenvalue weighted by molar-refractivity contribution is 7.90. The van der Waals surface area contributed by atoms with Crippen molar-refractivity contribution in [3.8, 4) is 0 Å². The van der Waals surface area contributed by atoms with Crippen LogP contribution < -0.4 is 0 Å². The molecule has 3 rings (SSSR count). The Morgan fingerprint density at radius 2 is 1.85 bits per heavy atom. The Bertz CT molecular complexity index is 886.